The summed E-state index contributed by atoms with van der Waals surface area (Å²) in [7, 11) is 0. The third-order valence-corrected chi connectivity index (χ3v) is 4.37. The van der Waals surface area contributed by atoms with Crippen LogP contribution in [0, 0.1) is 6.92 Å². The second kappa shape index (κ2) is 8.10. The Balaban J connectivity index is 2.33. The Labute approximate surface area is 120 Å². The average Bonchev–Trinajstić information content (AvgIpc) is 2.38. The first-order chi connectivity index (χ1) is 9.08. The molecule has 0 unspecified atom stereocenters. The van der Waals surface area contributed by atoms with Gasteiger partial charge < -0.3 is 10.6 Å². The third-order valence-electron chi connectivity index (χ3n) is 3.11. The zero-order chi connectivity index (χ0) is 14.3. The van der Waals surface area contributed by atoms with E-state index >= 15 is 0 Å². The van der Waals surface area contributed by atoms with Gasteiger partial charge in [0, 0.05) is 30.1 Å². The van der Waals surface area contributed by atoms with Gasteiger partial charge in [-0.25, -0.2) is 0 Å². The number of benzene rings is 1. The van der Waals surface area contributed by atoms with Gasteiger partial charge in [-0.2, -0.15) is 0 Å². The van der Waals surface area contributed by atoms with Crippen molar-refractivity contribution in [3.63, 3.8) is 0 Å². The molecule has 1 amide bonds. The van der Waals surface area contributed by atoms with E-state index in [2.05, 4.69) is 13.0 Å². The molecule has 0 aliphatic rings. The van der Waals surface area contributed by atoms with E-state index in [4.69, 9.17) is 5.73 Å². The summed E-state index contributed by atoms with van der Waals surface area (Å²) in [5.41, 5.74) is 7.74. The summed E-state index contributed by atoms with van der Waals surface area (Å²) in [6.07, 6.45) is 1.56. The molecule has 0 aliphatic carbocycles. The fourth-order valence-corrected chi connectivity index (χ4v) is 2.93. The average molecular weight is 280 g/mol. The van der Waals surface area contributed by atoms with Crippen LogP contribution in [0.2, 0.25) is 0 Å². The number of nitrogen functional groups attached to an aromatic ring is 1. The number of nitrogens with two attached hydrogens (primary N) is 1. The van der Waals surface area contributed by atoms with Crippen molar-refractivity contribution in [2.45, 2.75) is 38.5 Å². The molecular weight excluding hydrogens is 256 g/mol. The van der Waals surface area contributed by atoms with Crippen LogP contribution < -0.4 is 5.73 Å². The smallest absolute Gasteiger partial charge is 0.222 e. The van der Waals surface area contributed by atoms with Gasteiger partial charge in [-0.05, 0) is 56.7 Å². The number of thioether (sulfide) groups is 1. The molecule has 1 rings (SSSR count). The zero-order valence-electron chi connectivity index (χ0n) is 12.1. The minimum Gasteiger partial charge on any atom is -0.399 e. The highest BCUT2D eigenvalue weighted by molar-refractivity contribution is 7.99. The summed E-state index contributed by atoms with van der Waals surface area (Å²) in [5.74, 6) is 1.23. The topological polar surface area (TPSA) is 46.3 Å². The lowest BCUT2D eigenvalue weighted by atomic mass is 10.2. The predicted octanol–water partition coefficient (Wildman–Crippen LogP) is 3.32. The first-order valence-corrected chi connectivity index (χ1v) is 7.83. The van der Waals surface area contributed by atoms with Gasteiger partial charge >= 0.3 is 0 Å². The van der Waals surface area contributed by atoms with Crippen LogP contribution in [-0.4, -0.2) is 29.6 Å². The van der Waals surface area contributed by atoms with Gasteiger partial charge in [0.15, 0.2) is 0 Å². The lowest BCUT2D eigenvalue weighted by molar-refractivity contribution is -0.130. The molecule has 0 radical (unpaired) electrons. The summed E-state index contributed by atoms with van der Waals surface area (Å²) in [4.78, 5) is 15.0. The number of carbonyl (C=O) groups excluding carboxylic acids is 1. The number of nitrogens with zero attached hydrogens (tertiary/aromatic N) is 1. The molecule has 0 aromatic heterocycles. The Morgan fingerprint density at radius 3 is 2.58 bits per heavy atom. The van der Waals surface area contributed by atoms with Crippen LogP contribution >= 0.6 is 11.8 Å². The molecule has 3 nitrogen and oxygen atoms in total. The van der Waals surface area contributed by atoms with Crippen molar-refractivity contribution < 1.29 is 4.79 Å². The van der Waals surface area contributed by atoms with Crippen LogP contribution in [0.3, 0.4) is 0 Å². The van der Waals surface area contributed by atoms with E-state index in [1.807, 2.05) is 30.9 Å². The van der Waals surface area contributed by atoms with Gasteiger partial charge in [-0.15, -0.1) is 11.8 Å². The molecule has 0 bridgehead atoms. The molecule has 2 N–H and O–H groups in total. The van der Waals surface area contributed by atoms with Crippen molar-refractivity contribution in [2.24, 2.45) is 0 Å². The second-order valence-electron chi connectivity index (χ2n) is 4.54. The quantitative estimate of drug-likeness (QED) is 0.473. The highest BCUT2D eigenvalue weighted by Gasteiger charge is 2.08. The first kappa shape index (κ1) is 15.9. The van der Waals surface area contributed by atoms with E-state index in [0.29, 0.717) is 6.42 Å². The van der Waals surface area contributed by atoms with Crippen molar-refractivity contribution in [3.8, 4) is 0 Å². The number of anilines is 1. The SMILES string of the molecule is CCN(CC)C(=O)CCCSc1ccc(N)cc1C. The van der Waals surface area contributed by atoms with Gasteiger partial charge in [-0.3, -0.25) is 4.79 Å². The summed E-state index contributed by atoms with van der Waals surface area (Å²) in [5, 5.41) is 0. The molecule has 0 aliphatic heterocycles. The minimum atomic E-state index is 0.264. The van der Waals surface area contributed by atoms with Crippen LogP contribution in [0.25, 0.3) is 0 Å². The molecule has 1 aromatic carbocycles. The maximum Gasteiger partial charge on any atom is 0.222 e. The Morgan fingerprint density at radius 1 is 1.32 bits per heavy atom. The standard InChI is InChI=1S/C15H24N2OS/c1-4-17(5-2)15(18)7-6-10-19-14-9-8-13(16)11-12(14)3/h8-9,11H,4-7,10,16H2,1-3H3. The van der Waals surface area contributed by atoms with E-state index in [-0.39, 0.29) is 5.91 Å². The first-order valence-electron chi connectivity index (χ1n) is 6.85. The number of carbonyl (C=O) groups is 1. The van der Waals surface area contributed by atoms with E-state index in [9.17, 15) is 4.79 Å². The highest BCUT2D eigenvalue weighted by Crippen LogP contribution is 2.25. The van der Waals surface area contributed by atoms with Gasteiger partial charge in [0.05, 0.1) is 0 Å². The summed E-state index contributed by atoms with van der Waals surface area (Å²) in [6.45, 7) is 7.72. The van der Waals surface area contributed by atoms with Crippen LogP contribution in [0.1, 0.15) is 32.3 Å². The summed E-state index contributed by atoms with van der Waals surface area (Å²) < 4.78 is 0. The van der Waals surface area contributed by atoms with Gasteiger partial charge in [0.25, 0.3) is 0 Å². The fraction of sp³-hybridized carbons (Fsp3) is 0.533. The normalized spacial score (nSPS) is 10.5. The molecule has 0 heterocycles. The Bertz CT molecular complexity index is 417. The van der Waals surface area contributed by atoms with E-state index in [0.717, 1.165) is 31.0 Å². The lowest BCUT2D eigenvalue weighted by Crippen LogP contribution is -2.30. The Kier molecular flexibility index (Phi) is 6.78. The van der Waals surface area contributed by atoms with Crippen molar-refractivity contribution in [3.05, 3.63) is 23.8 Å². The number of aryl methyl sites for hydroxylation is 1. The molecule has 4 heteroatoms. The molecule has 106 valence electrons. The monoisotopic (exact) mass is 280 g/mol. The predicted molar refractivity (Wildman–Crippen MR) is 83.5 cm³/mol. The summed E-state index contributed by atoms with van der Waals surface area (Å²) in [6, 6.07) is 5.97. The highest BCUT2D eigenvalue weighted by atomic mass is 32.2. The molecule has 1 aromatic rings. The van der Waals surface area contributed by atoms with Crippen molar-refractivity contribution in [1.29, 1.82) is 0 Å². The van der Waals surface area contributed by atoms with Crippen LogP contribution in [0.5, 0.6) is 0 Å². The Morgan fingerprint density at radius 2 is 2.00 bits per heavy atom. The molecular formula is C15H24N2OS. The van der Waals surface area contributed by atoms with Gasteiger partial charge in [-0.1, -0.05) is 0 Å². The fourth-order valence-electron chi connectivity index (χ4n) is 1.97. The lowest BCUT2D eigenvalue weighted by Gasteiger charge is -2.18. The minimum absolute atomic E-state index is 0.264. The van der Waals surface area contributed by atoms with Crippen molar-refractivity contribution in [1.82, 2.24) is 4.90 Å². The molecule has 0 saturated heterocycles. The van der Waals surface area contributed by atoms with E-state index in [1.165, 1.54) is 10.5 Å². The van der Waals surface area contributed by atoms with E-state index < -0.39 is 0 Å². The van der Waals surface area contributed by atoms with Crippen molar-refractivity contribution in [2.75, 3.05) is 24.6 Å². The van der Waals surface area contributed by atoms with Crippen LogP contribution in [0.4, 0.5) is 5.69 Å². The third kappa shape index (κ3) is 5.15. The molecule has 0 atom stereocenters. The number of amides is 1. The van der Waals surface area contributed by atoms with Crippen molar-refractivity contribution >= 4 is 23.4 Å². The van der Waals surface area contributed by atoms with Crippen LogP contribution in [0.15, 0.2) is 23.1 Å². The van der Waals surface area contributed by atoms with Crippen LogP contribution in [-0.2, 0) is 4.79 Å². The Hall–Kier alpha value is -1.16. The number of hydrogen-bond donors (Lipinski definition) is 1. The van der Waals surface area contributed by atoms with E-state index in [1.54, 1.807) is 11.8 Å². The number of hydrogen-bond acceptors (Lipinski definition) is 3. The largest absolute Gasteiger partial charge is 0.399 e. The maximum atomic E-state index is 11.8. The summed E-state index contributed by atoms with van der Waals surface area (Å²) >= 11 is 1.80. The second-order valence-corrected chi connectivity index (χ2v) is 5.68. The van der Waals surface area contributed by atoms with Gasteiger partial charge in [0.2, 0.25) is 5.91 Å². The molecule has 0 fully saturated rings. The zero-order valence-corrected chi connectivity index (χ0v) is 12.9. The van der Waals surface area contributed by atoms with Gasteiger partial charge in [0.1, 0.15) is 0 Å². The molecule has 19 heavy (non-hydrogen) atoms. The number of rotatable bonds is 7. The maximum absolute atomic E-state index is 11.8. The molecule has 0 saturated carbocycles. The molecule has 0 spiro atoms.